The molecule has 0 bridgehead atoms. The third-order valence-corrected chi connectivity index (χ3v) is 3.33. The minimum absolute atomic E-state index is 0.814. The fourth-order valence-corrected chi connectivity index (χ4v) is 2.32. The van der Waals surface area contributed by atoms with Crippen molar-refractivity contribution in [1.82, 2.24) is 9.80 Å². The molecule has 0 atom stereocenters. The molecule has 1 saturated heterocycles. The summed E-state index contributed by atoms with van der Waals surface area (Å²) < 4.78 is 5.38. The molecule has 0 saturated carbocycles. The van der Waals surface area contributed by atoms with E-state index < -0.39 is 0 Å². The lowest BCUT2D eigenvalue weighted by atomic mass is 10.3. The van der Waals surface area contributed by atoms with Gasteiger partial charge in [-0.2, -0.15) is 0 Å². The van der Waals surface area contributed by atoms with Gasteiger partial charge in [-0.3, -0.25) is 0 Å². The van der Waals surface area contributed by atoms with E-state index in [1.54, 1.807) is 0 Å². The summed E-state index contributed by atoms with van der Waals surface area (Å²) in [7, 11) is 0. The average Bonchev–Trinajstić information content (AvgIpc) is 2.57. The summed E-state index contributed by atoms with van der Waals surface area (Å²) in [6.45, 7) is 11.9. The van der Waals surface area contributed by atoms with Gasteiger partial charge in [-0.15, -0.1) is 0 Å². The van der Waals surface area contributed by atoms with Gasteiger partial charge in [0.05, 0.1) is 0 Å². The summed E-state index contributed by atoms with van der Waals surface area (Å²) in [5, 5.41) is 0. The first-order valence-corrected chi connectivity index (χ1v) is 7.09. The molecule has 1 heterocycles. The van der Waals surface area contributed by atoms with Crippen LogP contribution < -0.4 is 5.73 Å². The number of hydrogen-bond donors (Lipinski definition) is 1. The Morgan fingerprint density at radius 1 is 1.00 bits per heavy atom. The van der Waals surface area contributed by atoms with Gasteiger partial charge in [-0.05, 0) is 52.4 Å². The fourth-order valence-electron chi connectivity index (χ4n) is 2.32. The highest BCUT2D eigenvalue weighted by Gasteiger charge is 2.13. The molecule has 1 fully saturated rings. The molecule has 0 amide bonds. The van der Waals surface area contributed by atoms with E-state index in [2.05, 4.69) is 16.7 Å². The van der Waals surface area contributed by atoms with Crippen LogP contribution >= 0.6 is 0 Å². The van der Waals surface area contributed by atoms with Gasteiger partial charge >= 0.3 is 0 Å². The van der Waals surface area contributed by atoms with Crippen LogP contribution in [0.5, 0.6) is 0 Å². The van der Waals surface area contributed by atoms with Crippen molar-refractivity contribution in [3.05, 3.63) is 0 Å². The van der Waals surface area contributed by atoms with Gasteiger partial charge in [0.2, 0.25) is 0 Å². The van der Waals surface area contributed by atoms with Crippen molar-refractivity contribution < 1.29 is 4.74 Å². The van der Waals surface area contributed by atoms with E-state index in [-0.39, 0.29) is 0 Å². The van der Waals surface area contributed by atoms with E-state index in [1.165, 1.54) is 45.7 Å². The van der Waals surface area contributed by atoms with Gasteiger partial charge < -0.3 is 20.3 Å². The largest absolute Gasteiger partial charge is 0.382 e. The molecule has 0 aliphatic carbocycles. The average molecular weight is 243 g/mol. The van der Waals surface area contributed by atoms with Gasteiger partial charge in [-0.1, -0.05) is 0 Å². The molecule has 0 spiro atoms. The topological polar surface area (TPSA) is 41.7 Å². The second-order valence-electron chi connectivity index (χ2n) is 4.73. The number of hydrogen-bond acceptors (Lipinski definition) is 4. The number of ether oxygens (including phenoxy) is 1. The molecular weight excluding hydrogens is 214 g/mol. The number of rotatable bonds is 8. The summed E-state index contributed by atoms with van der Waals surface area (Å²) in [4.78, 5) is 5.12. The van der Waals surface area contributed by atoms with Crippen LogP contribution in [0.3, 0.4) is 0 Å². The Morgan fingerprint density at radius 2 is 1.65 bits per heavy atom. The fraction of sp³-hybridized carbons (Fsp3) is 1.00. The van der Waals surface area contributed by atoms with Crippen molar-refractivity contribution in [2.24, 2.45) is 5.73 Å². The molecule has 4 nitrogen and oxygen atoms in total. The van der Waals surface area contributed by atoms with Gasteiger partial charge in [0.15, 0.2) is 0 Å². The van der Waals surface area contributed by atoms with Crippen molar-refractivity contribution in [3.63, 3.8) is 0 Å². The van der Waals surface area contributed by atoms with Crippen molar-refractivity contribution >= 4 is 0 Å². The maximum atomic E-state index is 5.56. The molecule has 0 radical (unpaired) electrons. The summed E-state index contributed by atoms with van der Waals surface area (Å²) >= 11 is 0. The highest BCUT2D eigenvalue weighted by Crippen LogP contribution is 2.04. The van der Waals surface area contributed by atoms with Crippen LogP contribution in [0.2, 0.25) is 0 Å². The van der Waals surface area contributed by atoms with Crippen LogP contribution in [0.15, 0.2) is 0 Å². The molecule has 0 aromatic rings. The zero-order chi connectivity index (χ0) is 12.3. The van der Waals surface area contributed by atoms with Crippen LogP contribution in [0, 0.1) is 0 Å². The van der Waals surface area contributed by atoms with Gasteiger partial charge in [0, 0.05) is 32.8 Å². The number of nitrogens with two attached hydrogens (primary N) is 1. The SMILES string of the molecule is CCOCCCN1CCCN(CCCN)CC1. The molecule has 0 aromatic carbocycles. The van der Waals surface area contributed by atoms with Crippen LogP contribution in [0.4, 0.5) is 0 Å². The predicted octanol–water partition coefficient (Wildman–Crippen LogP) is 0.770. The predicted molar refractivity (Wildman–Crippen MR) is 72.3 cm³/mol. The van der Waals surface area contributed by atoms with Crippen LogP contribution in [-0.4, -0.2) is 68.8 Å². The summed E-state index contributed by atoms with van der Waals surface area (Å²) in [6, 6.07) is 0. The highest BCUT2D eigenvalue weighted by atomic mass is 16.5. The zero-order valence-electron chi connectivity index (χ0n) is 11.4. The first-order chi connectivity index (χ1) is 8.36. The van der Waals surface area contributed by atoms with Crippen molar-refractivity contribution in [2.45, 2.75) is 26.2 Å². The van der Waals surface area contributed by atoms with E-state index in [4.69, 9.17) is 10.5 Å². The minimum atomic E-state index is 0.814. The summed E-state index contributed by atoms with van der Waals surface area (Å²) in [5.74, 6) is 0. The highest BCUT2D eigenvalue weighted by molar-refractivity contribution is 4.69. The Bertz CT molecular complexity index is 178. The first-order valence-electron chi connectivity index (χ1n) is 7.09. The molecule has 2 N–H and O–H groups in total. The molecule has 0 aromatic heterocycles. The third kappa shape index (κ3) is 6.99. The Kier molecular flexibility index (Phi) is 8.61. The molecule has 0 unspecified atom stereocenters. The van der Waals surface area contributed by atoms with Crippen molar-refractivity contribution in [2.75, 3.05) is 59.0 Å². The standard InChI is InChI=1S/C13H29N3O/c1-2-17-13-5-10-16-9-4-8-15(11-12-16)7-3-6-14/h2-14H2,1H3. The van der Waals surface area contributed by atoms with Crippen molar-refractivity contribution in [3.8, 4) is 0 Å². The zero-order valence-corrected chi connectivity index (χ0v) is 11.4. The molecule has 1 aliphatic rings. The number of nitrogens with zero attached hydrogens (tertiary/aromatic N) is 2. The lowest BCUT2D eigenvalue weighted by Crippen LogP contribution is -2.32. The van der Waals surface area contributed by atoms with E-state index in [0.29, 0.717) is 0 Å². The van der Waals surface area contributed by atoms with Gasteiger partial charge in [0.25, 0.3) is 0 Å². The van der Waals surface area contributed by atoms with Crippen LogP contribution in [-0.2, 0) is 4.74 Å². The van der Waals surface area contributed by atoms with E-state index in [0.717, 1.165) is 32.6 Å². The quantitative estimate of drug-likeness (QED) is 0.639. The molecule has 17 heavy (non-hydrogen) atoms. The van der Waals surface area contributed by atoms with Crippen LogP contribution in [0.1, 0.15) is 26.2 Å². The van der Waals surface area contributed by atoms with Gasteiger partial charge in [-0.25, -0.2) is 0 Å². The first kappa shape index (κ1) is 14.9. The maximum Gasteiger partial charge on any atom is 0.0478 e. The third-order valence-electron chi connectivity index (χ3n) is 3.33. The monoisotopic (exact) mass is 243 g/mol. The molecular formula is C13H29N3O. The molecule has 1 rings (SSSR count). The lowest BCUT2D eigenvalue weighted by Gasteiger charge is -2.21. The lowest BCUT2D eigenvalue weighted by molar-refractivity contribution is 0.132. The summed E-state index contributed by atoms with van der Waals surface area (Å²) in [5.41, 5.74) is 5.56. The van der Waals surface area contributed by atoms with E-state index >= 15 is 0 Å². The second kappa shape index (κ2) is 9.83. The normalized spacial score (nSPS) is 19.4. The Hall–Kier alpha value is -0.160. The van der Waals surface area contributed by atoms with Crippen molar-refractivity contribution in [1.29, 1.82) is 0 Å². The smallest absolute Gasteiger partial charge is 0.0478 e. The second-order valence-corrected chi connectivity index (χ2v) is 4.73. The Morgan fingerprint density at radius 3 is 2.24 bits per heavy atom. The molecule has 1 aliphatic heterocycles. The molecule has 102 valence electrons. The summed E-state index contributed by atoms with van der Waals surface area (Å²) in [6.07, 6.45) is 3.58. The Labute approximate surface area is 106 Å². The van der Waals surface area contributed by atoms with E-state index in [9.17, 15) is 0 Å². The minimum Gasteiger partial charge on any atom is -0.382 e. The van der Waals surface area contributed by atoms with Gasteiger partial charge in [0.1, 0.15) is 0 Å². The Balaban J connectivity index is 2.09. The molecule has 4 heteroatoms. The maximum absolute atomic E-state index is 5.56. The van der Waals surface area contributed by atoms with E-state index in [1.807, 2.05) is 0 Å². The van der Waals surface area contributed by atoms with Crippen LogP contribution in [0.25, 0.3) is 0 Å².